The summed E-state index contributed by atoms with van der Waals surface area (Å²) in [4.78, 5) is 36.6. The summed E-state index contributed by atoms with van der Waals surface area (Å²) < 4.78 is 5.10. The van der Waals surface area contributed by atoms with Crippen LogP contribution in [0.3, 0.4) is 0 Å². The minimum absolute atomic E-state index is 0.0203. The Morgan fingerprint density at radius 1 is 1.11 bits per heavy atom. The second-order valence-electron chi connectivity index (χ2n) is 6.52. The number of hydrogen-bond donors (Lipinski definition) is 2. The van der Waals surface area contributed by atoms with Crippen molar-refractivity contribution in [2.24, 2.45) is 5.92 Å². The highest BCUT2D eigenvalue weighted by molar-refractivity contribution is 7.98. The Bertz CT molecular complexity index is 637. The molecule has 1 aromatic carbocycles. The summed E-state index contributed by atoms with van der Waals surface area (Å²) in [5, 5.41) is 5.96. The molecule has 6 nitrogen and oxygen atoms in total. The number of thioether (sulfide) groups is 1. The zero-order valence-corrected chi connectivity index (χ0v) is 17.7. The lowest BCUT2D eigenvalue weighted by atomic mass is 10.1. The van der Waals surface area contributed by atoms with Gasteiger partial charge in [-0.15, -0.1) is 0 Å². The molecule has 2 N–H and O–H groups in total. The van der Waals surface area contributed by atoms with Gasteiger partial charge in [-0.1, -0.05) is 25.4 Å². The number of carbonyl (C=O) groups is 3. The zero-order chi connectivity index (χ0) is 20.4. The lowest BCUT2D eigenvalue weighted by Crippen LogP contribution is -2.44. The molecule has 0 bridgehead atoms. The van der Waals surface area contributed by atoms with Gasteiger partial charge in [0.2, 0.25) is 0 Å². The van der Waals surface area contributed by atoms with Gasteiger partial charge in [-0.2, -0.15) is 11.8 Å². The van der Waals surface area contributed by atoms with E-state index >= 15 is 0 Å². The number of hydrogen-bond acceptors (Lipinski definition) is 5. The number of amides is 2. The predicted octanol–water partition coefficient (Wildman–Crippen LogP) is 2.90. The fraction of sp³-hybridized carbons (Fsp3) is 0.526. The van der Waals surface area contributed by atoms with Crippen LogP contribution in [0.2, 0.25) is 5.02 Å². The average molecular weight is 415 g/mol. The molecule has 8 heteroatoms. The quantitative estimate of drug-likeness (QED) is 0.575. The molecule has 0 aliphatic heterocycles. The van der Waals surface area contributed by atoms with Crippen molar-refractivity contribution in [1.82, 2.24) is 10.6 Å². The van der Waals surface area contributed by atoms with Crippen LogP contribution in [0.4, 0.5) is 0 Å². The van der Waals surface area contributed by atoms with Crippen LogP contribution >= 0.6 is 23.4 Å². The molecule has 1 rings (SSSR count). The zero-order valence-electron chi connectivity index (χ0n) is 16.1. The average Bonchev–Trinajstić information content (AvgIpc) is 2.63. The first-order valence-corrected chi connectivity index (χ1v) is 10.5. The van der Waals surface area contributed by atoms with Crippen molar-refractivity contribution in [1.29, 1.82) is 0 Å². The molecule has 0 radical (unpaired) electrons. The van der Waals surface area contributed by atoms with Crippen LogP contribution in [0, 0.1) is 5.92 Å². The SMILES string of the molecule is CSCC[C@H](NC(=O)c1ccc(Cl)cc1)C(=O)OCC(=O)N[C@@H](C)C(C)C. The molecule has 0 saturated carbocycles. The number of carbonyl (C=O) groups excluding carboxylic acids is 3. The maximum atomic E-state index is 12.3. The second kappa shape index (κ2) is 11.9. The summed E-state index contributed by atoms with van der Waals surface area (Å²) in [6.07, 6.45) is 2.31. The normalized spacial score (nSPS) is 13.0. The van der Waals surface area contributed by atoms with Crippen LogP contribution in [0.25, 0.3) is 0 Å². The highest BCUT2D eigenvalue weighted by Gasteiger charge is 2.23. The molecule has 0 spiro atoms. The summed E-state index contributed by atoms with van der Waals surface area (Å²) in [6.45, 7) is 5.49. The van der Waals surface area contributed by atoms with Gasteiger partial charge in [-0.3, -0.25) is 9.59 Å². The van der Waals surface area contributed by atoms with E-state index in [1.807, 2.05) is 27.0 Å². The summed E-state index contributed by atoms with van der Waals surface area (Å²) in [5.74, 6) is -0.446. The molecule has 2 amide bonds. The Hall–Kier alpha value is -1.73. The van der Waals surface area contributed by atoms with Gasteiger partial charge in [-0.25, -0.2) is 4.79 Å². The first kappa shape index (κ1) is 23.3. The van der Waals surface area contributed by atoms with E-state index in [0.717, 1.165) is 0 Å². The van der Waals surface area contributed by atoms with Crippen molar-refractivity contribution >= 4 is 41.1 Å². The van der Waals surface area contributed by atoms with Gasteiger partial charge in [0.1, 0.15) is 6.04 Å². The van der Waals surface area contributed by atoms with Crippen LogP contribution < -0.4 is 10.6 Å². The van der Waals surface area contributed by atoms with Crippen molar-refractivity contribution in [2.45, 2.75) is 39.3 Å². The summed E-state index contributed by atoms with van der Waals surface area (Å²) >= 11 is 7.37. The smallest absolute Gasteiger partial charge is 0.329 e. The van der Waals surface area contributed by atoms with Crippen LogP contribution in [0.1, 0.15) is 37.6 Å². The molecule has 0 aromatic heterocycles. The minimum atomic E-state index is -0.823. The topological polar surface area (TPSA) is 84.5 Å². The summed E-state index contributed by atoms with van der Waals surface area (Å²) in [5.41, 5.74) is 0.393. The molecule has 1 aromatic rings. The van der Waals surface area contributed by atoms with Gasteiger partial charge in [-0.05, 0) is 55.5 Å². The first-order chi connectivity index (χ1) is 12.7. The molecule has 0 heterocycles. The number of nitrogens with one attached hydrogen (secondary N) is 2. The van der Waals surface area contributed by atoms with E-state index in [1.54, 1.807) is 36.0 Å². The fourth-order valence-corrected chi connectivity index (χ4v) is 2.62. The maximum Gasteiger partial charge on any atom is 0.329 e. The van der Waals surface area contributed by atoms with Gasteiger partial charge in [0.05, 0.1) is 0 Å². The Kier molecular flexibility index (Phi) is 10.3. The minimum Gasteiger partial charge on any atom is -0.454 e. The molecule has 2 atom stereocenters. The summed E-state index contributed by atoms with van der Waals surface area (Å²) in [7, 11) is 0. The predicted molar refractivity (Wildman–Crippen MR) is 109 cm³/mol. The van der Waals surface area contributed by atoms with Crippen molar-refractivity contribution in [3.05, 3.63) is 34.9 Å². The van der Waals surface area contributed by atoms with Crippen molar-refractivity contribution in [3.8, 4) is 0 Å². The monoisotopic (exact) mass is 414 g/mol. The van der Waals surface area contributed by atoms with Crippen molar-refractivity contribution in [3.63, 3.8) is 0 Å². The Morgan fingerprint density at radius 2 is 1.74 bits per heavy atom. The standard InChI is InChI=1S/C19H27ClN2O4S/c1-12(2)13(3)21-17(23)11-26-19(25)16(9-10-27-4)22-18(24)14-5-7-15(20)8-6-14/h5-8,12-13,16H,9-11H2,1-4H3,(H,21,23)(H,22,24)/t13-,16-/m0/s1. The molecule has 0 aliphatic rings. The largest absolute Gasteiger partial charge is 0.454 e. The van der Waals surface area contributed by atoms with E-state index < -0.39 is 17.9 Å². The third kappa shape index (κ3) is 8.67. The maximum absolute atomic E-state index is 12.3. The molecule has 27 heavy (non-hydrogen) atoms. The number of esters is 1. The molecule has 0 unspecified atom stereocenters. The first-order valence-electron chi connectivity index (χ1n) is 8.76. The van der Waals surface area contributed by atoms with Gasteiger partial charge in [0.15, 0.2) is 6.61 Å². The number of ether oxygens (including phenoxy) is 1. The number of halogens is 1. The van der Waals surface area contributed by atoms with Crippen LogP contribution in [0.5, 0.6) is 0 Å². The highest BCUT2D eigenvalue weighted by Crippen LogP contribution is 2.10. The van der Waals surface area contributed by atoms with Gasteiger partial charge in [0, 0.05) is 16.6 Å². The van der Waals surface area contributed by atoms with E-state index in [2.05, 4.69) is 10.6 Å². The molecule has 0 aliphatic carbocycles. The molecular formula is C19H27ClN2O4S. The Morgan fingerprint density at radius 3 is 2.30 bits per heavy atom. The third-order valence-electron chi connectivity index (χ3n) is 4.04. The van der Waals surface area contributed by atoms with E-state index in [1.165, 1.54) is 0 Å². The van der Waals surface area contributed by atoms with E-state index in [9.17, 15) is 14.4 Å². The van der Waals surface area contributed by atoms with Crippen molar-refractivity contribution in [2.75, 3.05) is 18.6 Å². The molecular weight excluding hydrogens is 388 g/mol. The van der Waals surface area contributed by atoms with Crippen LogP contribution in [-0.2, 0) is 14.3 Å². The lowest BCUT2D eigenvalue weighted by Gasteiger charge is -2.19. The van der Waals surface area contributed by atoms with Gasteiger partial charge in [0.25, 0.3) is 11.8 Å². The number of rotatable bonds is 10. The van der Waals surface area contributed by atoms with Gasteiger partial charge >= 0.3 is 5.97 Å². The Labute approximate surface area is 169 Å². The fourth-order valence-electron chi connectivity index (χ4n) is 2.03. The van der Waals surface area contributed by atoms with Crippen LogP contribution in [0.15, 0.2) is 24.3 Å². The highest BCUT2D eigenvalue weighted by atomic mass is 35.5. The Balaban J connectivity index is 2.63. The second-order valence-corrected chi connectivity index (χ2v) is 7.94. The molecule has 0 fully saturated rings. The lowest BCUT2D eigenvalue weighted by molar-refractivity contribution is -0.150. The van der Waals surface area contributed by atoms with Crippen LogP contribution in [-0.4, -0.2) is 48.5 Å². The third-order valence-corrected chi connectivity index (χ3v) is 4.94. The van der Waals surface area contributed by atoms with Crippen molar-refractivity contribution < 1.29 is 19.1 Å². The van der Waals surface area contributed by atoms with E-state index in [4.69, 9.17) is 16.3 Å². The molecule has 150 valence electrons. The summed E-state index contributed by atoms with van der Waals surface area (Å²) in [6, 6.07) is 5.52. The molecule has 0 saturated heterocycles. The van der Waals surface area contributed by atoms with E-state index in [0.29, 0.717) is 22.8 Å². The van der Waals surface area contributed by atoms with Gasteiger partial charge < -0.3 is 15.4 Å². The number of benzene rings is 1. The van der Waals surface area contributed by atoms with E-state index in [-0.39, 0.29) is 24.5 Å².